The van der Waals surface area contributed by atoms with Crippen LogP contribution in [0.5, 0.6) is 0 Å². The molecule has 5 heteroatoms. The molecule has 0 aliphatic heterocycles. The molecule has 0 heterocycles. The fourth-order valence-corrected chi connectivity index (χ4v) is 3.18. The molecule has 1 aliphatic rings. The quantitative estimate of drug-likeness (QED) is 0.879. The fraction of sp³-hybridized carbons (Fsp3) is 0.562. The van der Waals surface area contributed by atoms with Gasteiger partial charge in [-0.15, -0.1) is 0 Å². The van der Waals surface area contributed by atoms with Gasteiger partial charge in [0, 0.05) is 6.54 Å². The smallest absolute Gasteiger partial charge is 0.238 e. The van der Waals surface area contributed by atoms with Gasteiger partial charge in [-0.25, -0.2) is 0 Å². The van der Waals surface area contributed by atoms with E-state index in [4.69, 9.17) is 11.6 Å². The van der Waals surface area contributed by atoms with Crippen molar-refractivity contribution >= 4 is 23.2 Å². The van der Waals surface area contributed by atoms with Crippen LogP contribution in [0.2, 0.25) is 5.02 Å². The third kappa shape index (κ3) is 4.43. The van der Waals surface area contributed by atoms with Gasteiger partial charge in [0.05, 0.1) is 23.4 Å². The molecule has 0 spiro atoms. The lowest BCUT2D eigenvalue weighted by Crippen LogP contribution is -2.35. The molecular weight excluding hydrogens is 288 g/mol. The number of rotatable bonds is 5. The molecule has 0 bridgehead atoms. The van der Waals surface area contributed by atoms with Crippen LogP contribution in [0.15, 0.2) is 18.2 Å². The van der Waals surface area contributed by atoms with Crippen molar-refractivity contribution < 1.29 is 9.90 Å². The van der Waals surface area contributed by atoms with Crippen LogP contribution in [-0.4, -0.2) is 42.2 Å². The highest BCUT2D eigenvalue weighted by Gasteiger charge is 2.26. The number of likely N-dealkylation sites (N-methyl/N-ethyl adjacent to an activating group) is 1. The summed E-state index contributed by atoms with van der Waals surface area (Å²) in [6, 6.07) is 5.55. The molecule has 0 radical (unpaired) electrons. The van der Waals surface area contributed by atoms with E-state index in [1.807, 2.05) is 31.0 Å². The summed E-state index contributed by atoms with van der Waals surface area (Å²) in [4.78, 5) is 14.1. The Kier molecular flexibility index (Phi) is 5.62. The largest absolute Gasteiger partial charge is 0.393 e. The van der Waals surface area contributed by atoms with Crippen molar-refractivity contribution in [3.05, 3.63) is 28.8 Å². The number of anilines is 1. The molecule has 2 rings (SSSR count). The Hall–Kier alpha value is -1.10. The number of nitrogens with zero attached hydrogens (tertiary/aromatic N) is 1. The van der Waals surface area contributed by atoms with Gasteiger partial charge in [-0.2, -0.15) is 0 Å². The Morgan fingerprint density at radius 2 is 2.24 bits per heavy atom. The van der Waals surface area contributed by atoms with E-state index in [0.29, 0.717) is 17.3 Å². The summed E-state index contributed by atoms with van der Waals surface area (Å²) >= 11 is 6.11. The number of hydrogen-bond donors (Lipinski definition) is 2. The highest BCUT2D eigenvalue weighted by Crippen LogP contribution is 2.26. The van der Waals surface area contributed by atoms with E-state index in [1.165, 1.54) is 0 Å². The Labute approximate surface area is 131 Å². The Balaban J connectivity index is 1.86. The number of carbonyl (C=O) groups is 1. The maximum atomic E-state index is 12.1. The average Bonchev–Trinajstić information content (AvgIpc) is 2.79. The van der Waals surface area contributed by atoms with E-state index in [0.717, 1.165) is 31.4 Å². The van der Waals surface area contributed by atoms with Gasteiger partial charge < -0.3 is 10.4 Å². The van der Waals surface area contributed by atoms with Gasteiger partial charge in [-0.1, -0.05) is 30.2 Å². The SMILES string of the molecule is Cc1cccc(Cl)c1NC(=O)CN(C)CC1CCCC1O. The molecule has 0 aromatic heterocycles. The Morgan fingerprint density at radius 1 is 1.48 bits per heavy atom. The van der Waals surface area contributed by atoms with Crippen molar-refractivity contribution in [2.45, 2.75) is 32.3 Å². The minimum atomic E-state index is -0.221. The lowest BCUT2D eigenvalue weighted by Gasteiger charge is -2.22. The van der Waals surface area contributed by atoms with Gasteiger partial charge in [0.2, 0.25) is 5.91 Å². The molecule has 4 nitrogen and oxygen atoms in total. The summed E-state index contributed by atoms with van der Waals surface area (Å²) in [5.41, 5.74) is 1.63. The van der Waals surface area contributed by atoms with Crippen LogP contribution >= 0.6 is 11.6 Å². The number of halogens is 1. The maximum Gasteiger partial charge on any atom is 0.238 e. The standard InChI is InChI=1S/C16H23ClN2O2/c1-11-5-3-7-13(17)16(11)18-15(21)10-19(2)9-12-6-4-8-14(12)20/h3,5,7,12,14,20H,4,6,8-10H2,1-2H3,(H,18,21). The number of aliphatic hydroxyl groups excluding tert-OH is 1. The summed E-state index contributed by atoms with van der Waals surface area (Å²) in [5.74, 6) is 0.200. The molecule has 1 aromatic rings. The third-order valence-electron chi connectivity index (χ3n) is 4.07. The Bertz CT molecular complexity index is 487. The zero-order valence-electron chi connectivity index (χ0n) is 12.6. The van der Waals surface area contributed by atoms with Gasteiger partial charge in [0.25, 0.3) is 0 Å². The van der Waals surface area contributed by atoms with Crippen molar-refractivity contribution in [1.29, 1.82) is 0 Å². The zero-order valence-corrected chi connectivity index (χ0v) is 13.4. The van der Waals surface area contributed by atoms with Crippen molar-refractivity contribution in [2.75, 3.05) is 25.5 Å². The van der Waals surface area contributed by atoms with E-state index >= 15 is 0 Å². The molecule has 21 heavy (non-hydrogen) atoms. The number of carbonyl (C=O) groups excluding carboxylic acids is 1. The highest BCUT2D eigenvalue weighted by molar-refractivity contribution is 6.33. The van der Waals surface area contributed by atoms with E-state index in [2.05, 4.69) is 5.32 Å². The van der Waals surface area contributed by atoms with E-state index in [-0.39, 0.29) is 17.9 Å². The lowest BCUT2D eigenvalue weighted by atomic mass is 10.1. The summed E-state index contributed by atoms with van der Waals surface area (Å²) in [7, 11) is 1.91. The normalized spacial score (nSPS) is 21.8. The van der Waals surface area contributed by atoms with Gasteiger partial charge >= 0.3 is 0 Å². The van der Waals surface area contributed by atoms with Gasteiger partial charge in [0.1, 0.15) is 0 Å². The number of nitrogens with one attached hydrogen (secondary N) is 1. The van der Waals surface area contributed by atoms with E-state index in [9.17, 15) is 9.90 Å². The second-order valence-electron chi connectivity index (χ2n) is 5.93. The average molecular weight is 311 g/mol. The van der Waals surface area contributed by atoms with E-state index < -0.39 is 0 Å². The predicted octanol–water partition coefficient (Wildman–Crippen LogP) is 2.68. The Morgan fingerprint density at radius 3 is 2.86 bits per heavy atom. The molecule has 0 saturated heterocycles. The fourth-order valence-electron chi connectivity index (χ4n) is 2.91. The lowest BCUT2D eigenvalue weighted by molar-refractivity contribution is -0.117. The first-order valence-electron chi connectivity index (χ1n) is 7.39. The minimum Gasteiger partial charge on any atom is -0.393 e. The van der Waals surface area contributed by atoms with Gasteiger partial charge in [-0.3, -0.25) is 9.69 Å². The van der Waals surface area contributed by atoms with Crippen LogP contribution < -0.4 is 5.32 Å². The van der Waals surface area contributed by atoms with E-state index in [1.54, 1.807) is 6.07 Å². The molecule has 2 N–H and O–H groups in total. The summed E-state index contributed by atoms with van der Waals surface area (Å²) in [6.07, 6.45) is 2.77. The second-order valence-corrected chi connectivity index (χ2v) is 6.34. The molecule has 1 amide bonds. The number of aryl methyl sites for hydroxylation is 1. The summed E-state index contributed by atoms with van der Waals surface area (Å²) in [5, 5.41) is 13.3. The van der Waals surface area contributed by atoms with Crippen LogP contribution in [0.1, 0.15) is 24.8 Å². The van der Waals surface area contributed by atoms with Crippen molar-refractivity contribution in [3.63, 3.8) is 0 Å². The molecular formula is C16H23ClN2O2. The van der Waals surface area contributed by atoms with Gasteiger partial charge in [0.15, 0.2) is 0 Å². The van der Waals surface area contributed by atoms with Crippen LogP contribution in [0.25, 0.3) is 0 Å². The molecule has 1 aliphatic carbocycles. The highest BCUT2D eigenvalue weighted by atomic mass is 35.5. The van der Waals surface area contributed by atoms with Crippen LogP contribution in [0.3, 0.4) is 0 Å². The van der Waals surface area contributed by atoms with Crippen LogP contribution in [0.4, 0.5) is 5.69 Å². The molecule has 1 aromatic carbocycles. The van der Waals surface area contributed by atoms with Crippen molar-refractivity contribution in [1.82, 2.24) is 4.90 Å². The first-order chi connectivity index (χ1) is 9.97. The molecule has 116 valence electrons. The molecule has 2 atom stereocenters. The van der Waals surface area contributed by atoms with Crippen LogP contribution in [0, 0.1) is 12.8 Å². The second kappa shape index (κ2) is 7.25. The number of amides is 1. The first-order valence-corrected chi connectivity index (χ1v) is 7.76. The summed E-state index contributed by atoms with van der Waals surface area (Å²) in [6.45, 7) is 2.96. The summed E-state index contributed by atoms with van der Waals surface area (Å²) < 4.78 is 0. The monoisotopic (exact) mass is 310 g/mol. The molecule has 1 saturated carbocycles. The van der Waals surface area contributed by atoms with Crippen LogP contribution in [-0.2, 0) is 4.79 Å². The van der Waals surface area contributed by atoms with Crippen molar-refractivity contribution in [3.8, 4) is 0 Å². The topological polar surface area (TPSA) is 52.6 Å². The first kappa shape index (κ1) is 16.3. The molecule has 2 unspecified atom stereocenters. The third-order valence-corrected chi connectivity index (χ3v) is 4.38. The number of hydrogen-bond acceptors (Lipinski definition) is 3. The van der Waals surface area contributed by atoms with Gasteiger partial charge in [-0.05, 0) is 44.4 Å². The minimum absolute atomic E-state index is 0.0822. The number of aliphatic hydroxyl groups is 1. The van der Waals surface area contributed by atoms with Crippen molar-refractivity contribution in [2.24, 2.45) is 5.92 Å². The maximum absolute atomic E-state index is 12.1. The number of benzene rings is 1. The zero-order chi connectivity index (χ0) is 15.4. The number of para-hydroxylation sites is 1. The molecule has 1 fully saturated rings. The predicted molar refractivity (Wildman–Crippen MR) is 85.7 cm³/mol.